The van der Waals surface area contributed by atoms with Crippen LogP contribution in [0.5, 0.6) is 0 Å². The Bertz CT molecular complexity index is 1390. The molecule has 21 atom stereocenters. The number of hydrogen-bond donors (Lipinski definition) is 9. The third-order valence-corrected chi connectivity index (χ3v) is 16.5. The van der Waals surface area contributed by atoms with Crippen LogP contribution >= 0.6 is 0 Å². The van der Waals surface area contributed by atoms with E-state index >= 15 is 0 Å². The summed E-state index contributed by atoms with van der Waals surface area (Å²) in [6.45, 7) is 17.8. The molecule has 0 bridgehead atoms. The Morgan fingerprint density at radius 1 is 0.818 bits per heavy atom. The highest BCUT2D eigenvalue weighted by Gasteiger charge is 2.73. The van der Waals surface area contributed by atoms with Crippen molar-refractivity contribution in [2.24, 2.45) is 45.3 Å². The van der Waals surface area contributed by atoms with E-state index in [1.54, 1.807) is 0 Å². The number of aliphatic hydroxyl groups excluding tert-OH is 8. The van der Waals surface area contributed by atoms with Crippen LogP contribution in [0.3, 0.4) is 0 Å². The third kappa shape index (κ3) is 7.10. The van der Waals surface area contributed by atoms with Gasteiger partial charge in [-0.3, -0.25) is 0 Å². The third-order valence-electron chi connectivity index (χ3n) is 16.5. The van der Waals surface area contributed by atoms with E-state index in [9.17, 15) is 46.0 Å². The van der Waals surface area contributed by atoms with Gasteiger partial charge < -0.3 is 64.9 Å². The van der Waals surface area contributed by atoms with Gasteiger partial charge in [-0.05, 0) is 124 Å². The first kappa shape index (κ1) is 43.8. The van der Waals surface area contributed by atoms with Crippen LogP contribution in [0.2, 0.25) is 0 Å². The van der Waals surface area contributed by atoms with Crippen molar-refractivity contribution in [1.82, 2.24) is 0 Å². The summed E-state index contributed by atoms with van der Waals surface area (Å²) in [6, 6.07) is 0. The Balaban J connectivity index is 1.38. The largest absolute Gasteiger partial charge is 0.394 e. The minimum Gasteiger partial charge on any atom is -0.394 e. The molecule has 0 radical (unpaired) electrons. The van der Waals surface area contributed by atoms with Crippen LogP contribution in [0.1, 0.15) is 114 Å². The van der Waals surface area contributed by atoms with Gasteiger partial charge in [0, 0.05) is 0 Å². The Morgan fingerprint density at radius 2 is 1.49 bits per heavy atom. The zero-order valence-corrected chi connectivity index (χ0v) is 34.4. The molecule has 6 aliphatic rings. The molecule has 4 aliphatic carbocycles. The molecule has 2 saturated heterocycles. The van der Waals surface area contributed by atoms with Gasteiger partial charge in [-0.15, -0.1) is 0 Å². The van der Waals surface area contributed by atoms with Gasteiger partial charge >= 0.3 is 0 Å². The molecule has 0 aromatic carbocycles. The second kappa shape index (κ2) is 15.4. The predicted octanol–water partition coefficient (Wildman–Crippen LogP) is 2.15. The first-order valence-corrected chi connectivity index (χ1v) is 20.8. The van der Waals surface area contributed by atoms with Crippen LogP contribution in [-0.2, 0) is 18.9 Å². The molecular weight excluding hydrogens is 712 g/mol. The summed E-state index contributed by atoms with van der Waals surface area (Å²) in [7, 11) is 0. The van der Waals surface area contributed by atoms with E-state index in [0.29, 0.717) is 32.1 Å². The summed E-state index contributed by atoms with van der Waals surface area (Å²) in [5.41, 5.74) is -1.71. The molecule has 13 nitrogen and oxygen atoms in total. The molecule has 0 amide bonds. The number of rotatable bonds is 9. The van der Waals surface area contributed by atoms with Crippen LogP contribution < -0.4 is 0 Å². The number of ether oxygens (including phenoxy) is 4. The smallest absolute Gasteiger partial charge is 0.187 e. The lowest BCUT2D eigenvalue weighted by atomic mass is 9.34. The van der Waals surface area contributed by atoms with Crippen LogP contribution in [0, 0.1) is 45.3 Å². The standard InChI is InChI=1S/C42H72O13/c1-20(2)11-10-14-42(9,51)22-12-16-40(7)28(22)23(44)17-26-39(6)15-13-27(45)38(4,5)35(39)24(18-41(26,40)8)53-37-34(32(49)30(47)25(19-43)54-37)55-36-33(50)31(48)29(46)21(3)52-36/h11,21-37,43-51H,10,12-19H2,1-9H3/t21-,22-,23+,24-,25+,26+,27+,28-,29-,30+,31+,32-,33+,34?,35-,36-,37+,39+,40+,41+,42+/m0/s1. The van der Waals surface area contributed by atoms with Crippen LogP contribution in [-0.4, -0.2) is 138 Å². The summed E-state index contributed by atoms with van der Waals surface area (Å²) in [5.74, 6) is -0.526. The van der Waals surface area contributed by atoms with Gasteiger partial charge in [0.2, 0.25) is 0 Å². The van der Waals surface area contributed by atoms with Crippen molar-refractivity contribution < 1.29 is 64.9 Å². The second-order valence-corrected chi connectivity index (χ2v) is 20.3. The fourth-order valence-electron chi connectivity index (χ4n) is 13.3. The Labute approximate surface area is 327 Å². The molecule has 55 heavy (non-hydrogen) atoms. The predicted molar refractivity (Wildman–Crippen MR) is 201 cm³/mol. The van der Waals surface area contributed by atoms with E-state index in [1.807, 2.05) is 20.8 Å². The minimum atomic E-state index is -1.70. The fourth-order valence-corrected chi connectivity index (χ4v) is 13.3. The van der Waals surface area contributed by atoms with Crippen molar-refractivity contribution in [2.75, 3.05) is 6.61 Å². The highest BCUT2D eigenvalue weighted by atomic mass is 16.8. The highest BCUT2D eigenvalue weighted by Crippen LogP contribution is 2.76. The van der Waals surface area contributed by atoms with Gasteiger partial charge in [-0.25, -0.2) is 0 Å². The van der Waals surface area contributed by atoms with Crippen molar-refractivity contribution in [3.63, 3.8) is 0 Å². The maximum atomic E-state index is 12.3. The van der Waals surface area contributed by atoms with Crippen LogP contribution in [0.4, 0.5) is 0 Å². The van der Waals surface area contributed by atoms with E-state index in [2.05, 4.69) is 40.7 Å². The van der Waals surface area contributed by atoms with Gasteiger partial charge in [-0.1, -0.05) is 46.3 Å². The summed E-state index contributed by atoms with van der Waals surface area (Å²) in [6.07, 6.45) is -8.99. The Kier molecular flexibility index (Phi) is 12.2. The van der Waals surface area contributed by atoms with Gasteiger partial charge in [0.1, 0.15) is 42.7 Å². The minimum absolute atomic E-state index is 0.0411. The van der Waals surface area contributed by atoms with E-state index in [4.69, 9.17) is 18.9 Å². The molecule has 2 aliphatic heterocycles. The molecule has 318 valence electrons. The molecule has 6 fully saturated rings. The normalized spacial score (nSPS) is 53.4. The molecule has 4 saturated carbocycles. The monoisotopic (exact) mass is 784 g/mol. The molecule has 0 spiro atoms. The summed E-state index contributed by atoms with van der Waals surface area (Å²) < 4.78 is 25.1. The maximum absolute atomic E-state index is 12.3. The number of fused-ring (bicyclic) bond motifs is 5. The number of allylic oxidation sites excluding steroid dienone is 2. The molecule has 6 rings (SSSR count). The molecule has 13 heteroatoms. The highest BCUT2D eigenvalue weighted by molar-refractivity contribution is 5.22. The molecule has 9 N–H and O–H groups in total. The maximum Gasteiger partial charge on any atom is 0.187 e. The van der Waals surface area contributed by atoms with E-state index < -0.39 is 114 Å². The average Bonchev–Trinajstić information content (AvgIpc) is 3.49. The number of aliphatic hydroxyl groups is 9. The molecular formula is C42H72O13. The molecule has 2 heterocycles. The lowest BCUT2D eigenvalue weighted by Crippen LogP contribution is -2.71. The molecule has 0 aromatic heterocycles. The summed E-state index contributed by atoms with van der Waals surface area (Å²) >= 11 is 0. The molecule has 0 aromatic rings. The van der Waals surface area contributed by atoms with E-state index in [0.717, 1.165) is 19.3 Å². The van der Waals surface area contributed by atoms with Crippen molar-refractivity contribution in [3.05, 3.63) is 11.6 Å². The Hall–Kier alpha value is -0.780. The van der Waals surface area contributed by atoms with Gasteiger partial charge in [0.15, 0.2) is 12.6 Å². The zero-order valence-electron chi connectivity index (χ0n) is 34.4. The average molecular weight is 785 g/mol. The SMILES string of the molecule is CC(C)=CCC[C@@](C)(O)[C@H]1CC[C@]2(C)[C@@H]1[C@H](O)C[C@@H]1[C@@]3(C)CC[C@@H](O)C(C)(C)[C@@H]3[C@@H](O[C@@H]3O[C@H](CO)[C@@H](O)[C@H](O)C3O[C@@H]3O[C@@H](C)[C@H](O)[C@@H](O)[C@H]3O)C[C@]12C. The number of hydrogen-bond acceptors (Lipinski definition) is 13. The van der Waals surface area contributed by atoms with Gasteiger partial charge in [0.25, 0.3) is 0 Å². The first-order chi connectivity index (χ1) is 25.5. The zero-order chi connectivity index (χ0) is 40.8. The lowest BCUT2D eigenvalue weighted by Gasteiger charge is -2.72. The second-order valence-electron chi connectivity index (χ2n) is 20.3. The van der Waals surface area contributed by atoms with Crippen molar-refractivity contribution >= 4 is 0 Å². The van der Waals surface area contributed by atoms with Gasteiger partial charge in [0.05, 0.1) is 36.6 Å². The van der Waals surface area contributed by atoms with Crippen molar-refractivity contribution in [2.45, 2.75) is 199 Å². The first-order valence-electron chi connectivity index (χ1n) is 20.8. The van der Waals surface area contributed by atoms with Crippen LogP contribution in [0.15, 0.2) is 11.6 Å². The quantitative estimate of drug-likeness (QED) is 0.121. The van der Waals surface area contributed by atoms with Crippen molar-refractivity contribution in [3.8, 4) is 0 Å². The van der Waals surface area contributed by atoms with E-state index in [-0.39, 0.29) is 23.7 Å². The lowest BCUT2D eigenvalue weighted by molar-refractivity contribution is -0.382. The topological polar surface area (TPSA) is 219 Å². The summed E-state index contributed by atoms with van der Waals surface area (Å²) in [4.78, 5) is 0. The molecule has 1 unspecified atom stereocenters. The Morgan fingerprint density at radius 3 is 2.13 bits per heavy atom. The van der Waals surface area contributed by atoms with Crippen molar-refractivity contribution in [1.29, 1.82) is 0 Å². The van der Waals surface area contributed by atoms with Gasteiger partial charge in [-0.2, -0.15) is 0 Å². The van der Waals surface area contributed by atoms with Crippen LogP contribution in [0.25, 0.3) is 0 Å². The van der Waals surface area contributed by atoms with E-state index in [1.165, 1.54) is 12.5 Å². The fraction of sp³-hybridized carbons (Fsp3) is 0.952. The summed E-state index contributed by atoms with van der Waals surface area (Å²) in [5, 5.41) is 100.